The van der Waals surface area contributed by atoms with Crippen LogP contribution in [-0.4, -0.2) is 49.8 Å². The number of nitrogens with zero attached hydrogens (tertiary/aromatic N) is 2. The lowest BCUT2D eigenvalue weighted by Gasteiger charge is -2.18. The molecule has 1 atom stereocenters. The number of halogens is 3. The van der Waals surface area contributed by atoms with Crippen molar-refractivity contribution in [3.05, 3.63) is 0 Å². The Bertz CT molecular complexity index is 316. The summed E-state index contributed by atoms with van der Waals surface area (Å²) >= 11 is 0. The molecule has 0 saturated heterocycles. The Balaban J connectivity index is 3.80. The highest BCUT2D eigenvalue weighted by Gasteiger charge is 2.28. The van der Waals surface area contributed by atoms with Gasteiger partial charge in [0, 0.05) is 12.6 Å². The van der Waals surface area contributed by atoms with Crippen molar-refractivity contribution in [1.82, 2.24) is 10.2 Å². The van der Waals surface area contributed by atoms with Crippen LogP contribution in [-0.2, 0) is 0 Å². The molecule has 0 heterocycles. The van der Waals surface area contributed by atoms with Gasteiger partial charge in [-0.15, -0.1) is 0 Å². The molecule has 132 valence electrons. The number of nitrogens with one attached hydrogen (secondary N) is 1. The van der Waals surface area contributed by atoms with E-state index in [0.29, 0.717) is 31.4 Å². The van der Waals surface area contributed by atoms with E-state index in [1.165, 1.54) is 18.4 Å². The first-order chi connectivity index (χ1) is 10.1. The molecule has 0 aliphatic heterocycles. The van der Waals surface area contributed by atoms with Crippen LogP contribution in [0.15, 0.2) is 4.99 Å². The third-order valence-electron chi connectivity index (χ3n) is 3.24. The first-order valence-corrected chi connectivity index (χ1v) is 7.92. The molecule has 0 fully saturated rings. The lowest BCUT2D eigenvalue weighted by Crippen LogP contribution is -2.38. The molecule has 0 rings (SSSR count). The molecule has 0 aliphatic rings. The van der Waals surface area contributed by atoms with Crippen molar-refractivity contribution in [2.24, 2.45) is 16.6 Å². The quantitative estimate of drug-likeness (QED) is 0.369. The van der Waals surface area contributed by atoms with Crippen LogP contribution in [0, 0.1) is 5.92 Å². The fourth-order valence-corrected chi connectivity index (χ4v) is 2.13. The van der Waals surface area contributed by atoms with Crippen molar-refractivity contribution in [2.75, 3.05) is 26.7 Å². The van der Waals surface area contributed by atoms with Crippen LogP contribution in [0.25, 0.3) is 0 Å². The summed E-state index contributed by atoms with van der Waals surface area (Å²) < 4.78 is 36.4. The molecule has 7 heteroatoms. The van der Waals surface area contributed by atoms with Crippen LogP contribution < -0.4 is 11.1 Å². The van der Waals surface area contributed by atoms with Crippen LogP contribution in [0.3, 0.4) is 0 Å². The second-order valence-corrected chi connectivity index (χ2v) is 6.34. The summed E-state index contributed by atoms with van der Waals surface area (Å²) in [7, 11) is 1.45. The zero-order valence-corrected chi connectivity index (χ0v) is 14.2. The number of hydrogen-bond donors (Lipinski definition) is 2. The normalized spacial score (nSPS) is 14.7. The number of guanidine groups is 1. The first-order valence-electron chi connectivity index (χ1n) is 7.92. The second kappa shape index (κ2) is 10.7. The summed E-state index contributed by atoms with van der Waals surface area (Å²) in [5, 5.41) is 3.11. The third-order valence-corrected chi connectivity index (χ3v) is 3.24. The molecule has 0 bridgehead atoms. The van der Waals surface area contributed by atoms with E-state index in [0.717, 1.165) is 12.8 Å². The van der Waals surface area contributed by atoms with E-state index < -0.39 is 12.7 Å². The van der Waals surface area contributed by atoms with Gasteiger partial charge in [-0.2, -0.15) is 13.2 Å². The Kier molecular flexibility index (Phi) is 10.2. The van der Waals surface area contributed by atoms with Crippen LogP contribution in [0.5, 0.6) is 0 Å². The lowest BCUT2D eigenvalue weighted by atomic mass is 10.0. The lowest BCUT2D eigenvalue weighted by molar-refractivity contribution is -0.143. The van der Waals surface area contributed by atoms with E-state index >= 15 is 0 Å². The van der Waals surface area contributed by atoms with Gasteiger partial charge >= 0.3 is 6.18 Å². The summed E-state index contributed by atoms with van der Waals surface area (Å²) in [6.07, 6.45) is -0.237. The smallest absolute Gasteiger partial charge is 0.370 e. The molecule has 0 aromatic heterocycles. The van der Waals surface area contributed by atoms with Crippen molar-refractivity contribution < 1.29 is 13.2 Å². The average Bonchev–Trinajstić information content (AvgIpc) is 2.31. The summed E-state index contributed by atoms with van der Waals surface area (Å²) in [6, 6.07) is 0.260. The van der Waals surface area contributed by atoms with E-state index in [4.69, 9.17) is 5.73 Å². The van der Waals surface area contributed by atoms with Gasteiger partial charge in [-0.1, -0.05) is 26.7 Å². The van der Waals surface area contributed by atoms with Crippen LogP contribution >= 0.6 is 0 Å². The molecular weight excluding hydrogens is 293 g/mol. The van der Waals surface area contributed by atoms with Gasteiger partial charge < -0.3 is 11.1 Å². The molecule has 3 N–H and O–H groups in total. The van der Waals surface area contributed by atoms with Gasteiger partial charge in [0.25, 0.3) is 0 Å². The Morgan fingerprint density at radius 3 is 2.36 bits per heavy atom. The maximum atomic E-state index is 12.1. The molecule has 0 aliphatic carbocycles. The molecule has 0 amide bonds. The SMILES string of the molecule is CC(C)CCCC(C)NC(N)=NCCCN(C)CC(F)(F)F. The van der Waals surface area contributed by atoms with E-state index in [1.54, 1.807) is 0 Å². The van der Waals surface area contributed by atoms with Crippen LogP contribution in [0.2, 0.25) is 0 Å². The molecule has 22 heavy (non-hydrogen) atoms. The first kappa shape index (κ1) is 21.0. The number of nitrogens with two attached hydrogens (primary N) is 1. The largest absolute Gasteiger partial charge is 0.401 e. The summed E-state index contributed by atoms with van der Waals surface area (Å²) in [6.45, 7) is 6.34. The zero-order chi connectivity index (χ0) is 17.2. The predicted octanol–water partition coefficient (Wildman–Crippen LogP) is 2.99. The van der Waals surface area contributed by atoms with Gasteiger partial charge in [-0.25, -0.2) is 0 Å². The molecule has 0 spiro atoms. The van der Waals surface area contributed by atoms with Gasteiger partial charge in [-0.3, -0.25) is 9.89 Å². The third kappa shape index (κ3) is 14.0. The number of alkyl halides is 3. The summed E-state index contributed by atoms with van der Waals surface area (Å²) in [5.74, 6) is 1.07. The highest BCUT2D eigenvalue weighted by molar-refractivity contribution is 5.78. The zero-order valence-electron chi connectivity index (χ0n) is 14.2. The molecule has 0 saturated carbocycles. The fraction of sp³-hybridized carbons (Fsp3) is 0.933. The number of aliphatic imine (C=N–C) groups is 1. The standard InChI is InChI=1S/C15H31F3N4/c1-12(2)7-5-8-13(3)21-14(19)20-9-6-10-22(4)11-15(16,17)18/h12-13H,5-11H2,1-4H3,(H3,19,20,21). The summed E-state index contributed by atoms with van der Waals surface area (Å²) in [4.78, 5) is 5.39. The highest BCUT2D eigenvalue weighted by atomic mass is 19.4. The minimum absolute atomic E-state index is 0.260. The average molecular weight is 324 g/mol. The molecule has 0 radical (unpaired) electrons. The maximum Gasteiger partial charge on any atom is 0.401 e. The van der Waals surface area contributed by atoms with Crippen molar-refractivity contribution >= 4 is 5.96 Å². The van der Waals surface area contributed by atoms with Gasteiger partial charge in [0.05, 0.1) is 6.54 Å². The van der Waals surface area contributed by atoms with Crippen LogP contribution in [0.1, 0.15) is 46.5 Å². The van der Waals surface area contributed by atoms with Crippen molar-refractivity contribution in [1.29, 1.82) is 0 Å². The van der Waals surface area contributed by atoms with Crippen molar-refractivity contribution in [3.63, 3.8) is 0 Å². The monoisotopic (exact) mass is 324 g/mol. The fourth-order valence-electron chi connectivity index (χ4n) is 2.13. The summed E-state index contributed by atoms with van der Waals surface area (Å²) in [5.41, 5.74) is 5.77. The van der Waals surface area contributed by atoms with Crippen LogP contribution in [0.4, 0.5) is 13.2 Å². The van der Waals surface area contributed by atoms with Gasteiger partial charge in [0.15, 0.2) is 5.96 Å². The topological polar surface area (TPSA) is 53.6 Å². The molecule has 1 unspecified atom stereocenters. The predicted molar refractivity (Wildman–Crippen MR) is 85.9 cm³/mol. The van der Waals surface area contributed by atoms with E-state index in [1.807, 2.05) is 0 Å². The minimum Gasteiger partial charge on any atom is -0.370 e. The Hall–Kier alpha value is -0.980. The minimum atomic E-state index is -4.15. The Morgan fingerprint density at radius 1 is 1.18 bits per heavy atom. The van der Waals surface area contributed by atoms with E-state index in [-0.39, 0.29) is 6.04 Å². The number of rotatable bonds is 10. The van der Waals surface area contributed by atoms with Gasteiger partial charge in [0.2, 0.25) is 0 Å². The molecule has 4 nitrogen and oxygen atoms in total. The highest BCUT2D eigenvalue weighted by Crippen LogP contribution is 2.15. The second-order valence-electron chi connectivity index (χ2n) is 6.34. The Morgan fingerprint density at radius 2 is 1.82 bits per heavy atom. The number of hydrogen-bond acceptors (Lipinski definition) is 2. The molecule has 0 aromatic rings. The van der Waals surface area contributed by atoms with E-state index in [9.17, 15) is 13.2 Å². The van der Waals surface area contributed by atoms with Crippen molar-refractivity contribution in [3.8, 4) is 0 Å². The van der Waals surface area contributed by atoms with Gasteiger partial charge in [0.1, 0.15) is 0 Å². The maximum absolute atomic E-state index is 12.1. The van der Waals surface area contributed by atoms with Gasteiger partial charge in [-0.05, 0) is 39.3 Å². The van der Waals surface area contributed by atoms with Crippen molar-refractivity contribution in [2.45, 2.75) is 58.7 Å². The van der Waals surface area contributed by atoms with E-state index in [2.05, 4.69) is 31.1 Å². The molecular formula is C15H31F3N4. The Labute approximate surface area is 132 Å². The molecule has 0 aromatic carbocycles.